The highest BCUT2D eigenvalue weighted by Crippen LogP contribution is 2.53. The van der Waals surface area contributed by atoms with Crippen LogP contribution in [0.2, 0.25) is 0 Å². The third-order valence-corrected chi connectivity index (χ3v) is 15.5. The smallest absolute Gasteiger partial charge is 0.253 e. The van der Waals surface area contributed by atoms with E-state index in [1.165, 1.54) is 14.2 Å². The van der Waals surface area contributed by atoms with E-state index in [-0.39, 0.29) is 86.2 Å². The van der Waals surface area contributed by atoms with Crippen LogP contribution in [0.3, 0.4) is 0 Å². The van der Waals surface area contributed by atoms with E-state index in [0.29, 0.717) is 11.4 Å². The predicted molar refractivity (Wildman–Crippen MR) is 308 cm³/mol. The minimum absolute atomic E-state index is 0.0702. The van der Waals surface area contributed by atoms with Crippen molar-refractivity contribution in [2.45, 2.75) is 197 Å². The minimum atomic E-state index is -0.565. The van der Waals surface area contributed by atoms with Crippen LogP contribution in [-0.2, 0) is 54.5 Å². The van der Waals surface area contributed by atoms with Gasteiger partial charge >= 0.3 is 0 Å². The van der Waals surface area contributed by atoms with Crippen LogP contribution in [0.25, 0.3) is 0 Å². The molecule has 0 aliphatic heterocycles. The van der Waals surface area contributed by atoms with Crippen molar-refractivity contribution in [2.24, 2.45) is 34.5 Å². The third-order valence-electron chi connectivity index (χ3n) is 15.5. The van der Waals surface area contributed by atoms with Gasteiger partial charge in [-0.3, -0.25) is 28.8 Å². The SMILES string of the molecule is CC(C)(C)c1c(NC(=O)C2CCCC2)cccc1NC(=O)C1CCCC1.CC(C)(C)c1c(NC(=O)[C@H]2CC2(C)C)cccc1NC(=O)[C@H]1CC1(C)C.CO[C@@H](C)C(=O)Nc1cccc(NC(=O)[C@H](C)OC)c1C(C)(C)C. The largest absolute Gasteiger partial charge is 0.372 e. The summed E-state index contributed by atoms with van der Waals surface area (Å²) in [5.41, 5.74) is 6.92. The van der Waals surface area contributed by atoms with Gasteiger partial charge in [0, 0.05) is 88.7 Å². The zero-order chi connectivity index (χ0) is 56.7. The summed E-state index contributed by atoms with van der Waals surface area (Å²) in [6, 6.07) is 17.0. The van der Waals surface area contributed by atoms with Crippen molar-refractivity contribution < 1.29 is 38.2 Å². The molecule has 0 spiro atoms. The van der Waals surface area contributed by atoms with Gasteiger partial charge in [0.1, 0.15) is 12.2 Å². The quantitative estimate of drug-likeness (QED) is 0.0918. The fourth-order valence-corrected chi connectivity index (χ4v) is 10.5. The van der Waals surface area contributed by atoms with Crippen LogP contribution < -0.4 is 31.9 Å². The molecule has 0 saturated heterocycles. The third kappa shape index (κ3) is 16.2. The lowest BCUT2D eigenvalue weighted by atomic mass is 9.84. The molecule has 14 nitrogen and oxygen atoms in total. The van der Waals surface area contributed by atoms with Crippen molar-refractivity contribution in [3.63, 3.8) is 0 Å². The average molecular weight is 1050 g/mol. The number of anilines is 6. The number of rotatable bonds is 14. The highest BCUT2D eigenvalue weighted by molar-refractivity contribution is 6.01. The van der Waals surface area contributed by atoms with E-state index >= 15 is 0 Å². The van der Waals surface area contributed by atoms with Gasteiger partial charge in [0.25, 0.3) is 11.8 Å². The van der Waals surface area contributed by atoms with E-state index in [1.807, 2.05) is 69.3 Å². The number of benzene rings is 3. The summed E-state index contributed by atoms with van der Waals surface area (Å²) >= 11 is 0. The lowest BCUT2D eigenvalue weighted by molar-refractivity contribution is -0.125. The summed E-state index contributed by atoms with van der Waals surface area (Å²) in [5, 5.41) is 18.3. The van der Waals surface area contributed by atoms with Crippen LogP contribution in [0, 0.1) is 34.5 Å². The molecule has 4 saturated carbocycles. The lowest BCUT2D eigenvalue weighted by Gasteiger charge is -2.27. The summed E-state index contributed by atoms with van der Waals surface area (Å²) in [7, 11) is 2.97. The van der Waals surface area contributed by atoms with Crippen molar-refractivity contribution in [3.8, 4) is 0 Å². The Morgan fingerprint density at radius 2 is 0.658 bits per heavy atom. The maximum Gasteiger partial charge on any atom is 0.253 e. The number of amides is 6. The maximum atomic E-state index is 12.6. The van der Waals surface area contributed by atoms with Gasteiger partial charge in [-0.25, -0.2) is 0 Å². The van der Waals surface area contributed by atoms with E-state index in [4.69, 9.17) is 9.47 Å². The highest BCUT2D eigenvalue weighted by atomic mass is 16.5. The molecule has 7 rings (SSSR count). The first-order chi connectivity index (χ1) is 35.3. The maximum absolute atomic E-state index is 12.6. The molecule has 0 radical (unpaired) electrons. The number of nitrogens with one attached hydrogen (secondary N) is 6. The Morgan fingerprint density at radius 3 is 0.868 bits per heavy atom. The zero-order valence-electron chi connectivity index (χ0n) is 49.0. The second kappa shape index (κ2) is 24.8. The van der Waals surface area contributed by atoms with Gasteiger partial charge in [0.15, 0.2) is 0 Å². The first-order valence-corrected chi connectivity index (χ1v) is 27.6. The van der Waals surface area contributed by atoms with Crippen LogP contribution in [0.1, 0.15) is 185 Å². The van der Waals surface area contributed by atoms with Crippen LogP contribution >= 0.6 is 0 Å². The molecule has 4 aliphatic carbocycles. The lowest BCUT2D eigenvalue weighted by Crippen LogP contribution is -2.30. The van der Waals surface area contributed by atoms with Gasteiger partial charge in [-0.1, -0.05) is 134 Å². The number of carbonyl (C=O) groups is 6. The van der Waals surface area contributed by atoms with Crippen LogP contribution in [0.5, 0.6) is 0 Å². The second-order valence-electron chi connectivity index (χ2n) is 26.1. The molecule has 6 N–H and O–H groups in total. The fraction of sp³-hybridized carbons (Fsp3) is 0.613. The van der Waals surface area contributed by atoms with Crippen molar-refractivity contribution in [1.82, 2.24) is 0 Å². The number of hydrogen-bond acceptors (Lipinski definition) is 8. The molecule has 3 aromatic carbocycles. The normalized spacial score (nSPS) is 19.5. The summed E-state index contributed by atoms with van der Waals surface area (Å²) in [6.07, 6.45) is 9.21. The fourth-order valence-electron chi connectivity index (χ4n) is 10.5. The number of methoxy groups -OCH3 is 2. The van der Waals surface area contributed by atoms with Gasteiger partial charge in [0.05, 0.1) is 0 Å². The molecule has 0 aromatic heterocycles. The number of ether oxygens (including phenoxy) is 2. The average Bonchev–Trinajstić information content (AvgIpc) is 3.82. The molecule has 0 bridgehead atoms. The number of hydrogen-bond donors (Lipinski definition) is 6. The molecule has 4 aliphatic rings. The monoisotopic (exact) mass is 1050 g/mol. The van der Waals surface area contributed by atoms with Gasteiger partial charge in [0.2, 0.25) is 23.6 Å². The van der Waals surface area contributed by atoms with Crippen LogP contribution in [0.15, 0.2) is 54.6 Å². The topological polar surface area (TPSA) is 193 Å². The van der Waals surface area contributed by atoms with E-state index in [0.717, 1.165) is 104 Å². The Balaban J connectivity index is 0.000000211. The molecule has 14 heteroatoms. The Hall–Kier alpha value is -5.60. The minimum Gasteiger partial charge on any atom is -0.372 e. The Kier molecular flexibility index (Phi) is 20.0. The van der Waals surface area contributed by atoms with Crippen molar-refractivity contribution >= 4 is 69.6 Å². The molecule has 0 heterocycles. The molecule has 0 unspecified atom stereocenters. The molecule has 3 aromatic rings. The van der Waals surface area contributed by atoms with Gasteiger partial charge in [-0.2, -0.15) is 0 Å². The van der Waals surface area contributed by atoms with Crippen LogP contribution in [-0.4, -0.2) is 61.9 Å². The van der Waals surface area contributed by atoms with E-state index in [2.05, 4.69) is 101 Å². The predicted octanol–water partition coefficient (Wildman–Crippen LogP) is 13.1. The molecule has 6 amide bonds. The van der Waals surface area contributed by atoms with Crippen molar-refractivity contribution in [1.29, 1.82) is 0 Å². The van der Waals surface area contributed by atoms with E-state index in [9.17, 15) is 28.8 Å². The summed E-state index contributed by atoms with van der Waals surface area (Å²) in [6.45, 7) is 30.6. The van der Waals surface area contributed by atoms with Gasteiger partial charge < -0.3 is 41.4 Å². The van der Waals surface area contributed by atoms with Gasteiger partial charge in [-0.05, 0) is 116 Å². The van der Waals surface area contributed by atoms with Crippen molar-refractivity contribution in [3.05, 3.63) is 71.3 Å². The number of carbonyl (C=O) groups excluding carboxylic acids is 6. The Bertz CT molecular complexity index is 2330. The van der Waals surface area contributed by atoms with Crippen molar-refractivity contribution in [2.75, 3.05) is 46.1 Å². The van der Waals surface area contributed by atoms with E-state index < -0.39 is 12.2 Å². The Morgan fingerprint density at radius 1 is 0.434 bits per heavy atom. The standard InChI is InChI=1S/2C22H32N2O2.C18H28N2O4/c1-20(2,3)17-15(23-18(25)13-11-21(13,4)5)9-8-10-16(17)24-19(26)14-12-22(14,6)7;1-22(2,3)19-17(23-20(25)15-9-4-5-10-15)13-8-14-18(19)24-21(26)16-11-6-7-12-16;1-11(23-6)16(21)19-13-9-8-10-14(15(13)18(3,4)5)20-17(22)12(2)24-7/h8-10,13-14H,11-12H2,1-7H3,(H,23,25)(H,24,26);8,13-16H,4-7,9-12H2,1-3H3,(H,23,25)(H,24,26);8-12H,1-7H3,(H,19,21)(H,20,22)/t13-,14-;;11-,12-/m1.0/s1. The molecule has 4 fully saturated rings. The highest BCUT2D eigenvalue weighted by Gasteiger charge is 2.52. The summed E-state index contributed by atoms with van der Waals surface area (Å²) in [4.78, 5) is 74.8. The molecular formula is C62H92N6O8. The molecular weight excluding hydrogens is 957 g/mol. The summed E-state index contributed by atoms with van der Waals surface area (Å²) in [5.74, 6) is 0.299. The molecule has 76 heavy (non-hydrogen) atoms. The molecule has 418 valence electrons. The van der Waals surface area contributed by atoms with Crippen LogP contribution in [0.4, 0.5) is 34.1 Å². The Labute approximate surface area is 454 Å². The first kappa shape index (κ1) is 61.3. The first-order valence-electron chi connectivity index (χ1n) is 27.6. The second-order valence-corrected chi connectivity index (χ2v) is 26.1. The van der Waals surface area contributed by atoms with Gasteiger partial charge in [-0.15, -0.1) is 0 Å². The van der Waals surface area contributed by atoms with E-state index in [1.54, 1.807) is 19.9 Å². The zero-order valence-corrected chi connectivity index (χ0v) is 49.0. The summed E-state index contributed by atoms with van der Waals surface area (Å²) < 4.78 is 10.1. The molecule has 4 atom stereocenters.